The van der Waals surface area contributed by atoms with Crippen molar-refractivity contribution in [2.75, 3.05) is 6.54 Å². The van der Waals surface area contributed by atoms with Gasteiger partial charge in [0.15, 0.2) is 0 Å². The molecule has 1 saturated heterocycles. The Hall–Kier alpha value is -0.990. The molecule has 0 spiro atoms. The summed E-state index contributed by atoms with van der Waals surface area (Å²) >= 11 is 0. The molecule has 0 N–H and O–H groups in total. The smallest absolute Gasteiger partial charge is 0.410 e. The van der Waals surface area contributed by atoms with Crippen molar-refractivity contribution >= 4 is 6.09 Å². The van der Waals surface area contributed by atoms with Gasteiger partial charge in [-0.05, 0) is 41.0 Å². The van der Waals surface area contributed by atoms with Gasteiger partial charge in [-0.25, -0.2) is 4.79 Å². The van der Waals surface area contributed by atoms with E-state index in [1.807, 2.05) is 27.7 Å². The van der Waals surface area contributed by atoms with Crippen molar-refractivity contribution in [1.82, 2.24) is 4.90 Å². The van der Waals surface area contributed by atoms with Crippen LogP contribution in [0.3, 0.4) is 0 Å². The monoisotopic (exact) mass is 211 g/mol. The summed E-state index contributed by atoms with van der Waals surface area (Å²) in [5.74, 6) is 0. The summed E-state index contributed by atoms with van der Waals surface area (Å²) in [4.78, 5) is 13.6. The molecule has 0 bridgehead atoms. The Bertz CT molecular complexity index is 276. The van der Waals surface area contributed by atoms with Crippen LogP contribution < -0.4 is 0 Å². The Morgan fingerprint density at radius 3 is 2.53 bits per heavy atom. The minimum Gasteiger partial charge on any atom is -0.444 e. The second-order valence-corrected chi connectivity index (χ2v) is 5.11. The topological polar surface area (TPSA) is 29.5 Å². The molecule has 1 atom stereocenters. The van der Waals surface area contributed by atoms with E-state index in [0.717, 1.165) is 6.42 Å². The van der Waals surface area contributed by atoms with Gasteiger partial charge in [0.1, 0.15) is 5.60 Å². The van der Waals surface area contributed by atoms with Crippen LogP contribution in [0, 0.1) is 0 Å². The standard InChI is InChI=1S/C12H21NO2/c1-6-10-7-9(2)13(8-10)11(14)15-12(3,4)5/h6,9H,7-8H2,1-5H3/t9-/m1/s1. The van der Waals surface area contributed by atoms with E-state index in [1.54, 1.807) is 4.90 Å². The summed E-state index contributed by atoms with van der Waals surface area (Å²) in [6.07, 6.45) is 2.85. The second-order valence-electron chi connectivity index (χ2n) is 5.11. The second kappa shape index (κ2) is 4.25. The van der Waals surface area contributed by atoms with E-state index < -0.39 is 5.60 Å². The van der Waals surface area contributed by atoms with Gasteiger partial charge >= 0.3 is 6.09 Å². The van der Waals surface area contributed by atoms with E-state index in [9.17, 15) is 4.79 Å². The van der Waals surface area contributed by atoms with Gasteiger partial charge in [0.05, 0.1) is 0 Å². The Morgan fingerprint density at radius 2 is 2.13 bits per heavy atom. The molecule has 3 heteroatoms. The zero-order valence-corrected chi connectivity index (χ0v) is 10.3. The average molecular weight is 211 g/mol. The summed E-state index contributed by atoms with van der Waals surface area (Å²) in [6, 6.07) is 0.256. The highest BCUT2D eigenvalue weighted by atomic mass is 16.6. The Kier molecular flexibility index (Phi) is 3.42. The van der Waals surface area contributed by atoms with E-state index in [2.05, 4.69) is 13.0 Å². The van der Waals surface area contributed by atoms with E-state index in [1.165, 1.54) is 5.57 Å². The molecule has 1 fully saturated rings. The van der Waals surface area contributed by atoms with Gasteiger partial charge < -0.3 is 9.64 Å². The maximum absolute atomic E-state index is 11.8. The largest absolute Gasteiger partial charge is 0.444 e. The summed E-state index contributed by atoms with van der Waals surface area (Å²) in [7, 11) is 0. The third kappa shape index (κ3) is 3.26. The predicted octanol–water partition coefficient (Wildman–Crippen LogP) is 2.96. The number of ether oxygens (including phenoxy) is 1. The summed E-state index contributed by atoms with van der Waals surface area (Å²) in [5.41, 5.74) is 0.906. The quantitative estimate of drug-likeness (QED) is 0.576. The lowest BCUT2D eigenvalue weighted by molar-refractivity contribution is 0.0242. The van der Waals surface area contributed by atoms with Crippen LogP contribution in [0.2, 0.25) is 0 Å². The van der Waals surface area contributed by atoms with Crippen molar-refractivity contribution in [1.29, 1.82) is 0 Å². The van der Waals surface area contributed by atoms with Crippen LogP contribution in [0.15, 0.2) is 11.6 Å². The lowest BCUT2D eigenvalue weighted by Gasteiger charge is -2.26. The zero-order chi connectivity index (χ0) is 11.6. The maximum Gasteiger partial charge on any atom is 0.410 e. The number of hydrogen-bond donors (Lipinski definition) is 0. The lowest BCUT2D eigenvalue weighted by atomic mass is 10.2. The molecule has 1 aliphatic rings. The third-order valence-corrected chi connectivity index (χ3v) is 2.50. The summed E-state index contributed by atoms with van der Waals surface area (Å²) < 4.78 is 5.34. The number of rotatable bonds is 0. The van der Waals surface area contributed by atoms with Crippen LogP contribution in [0.5, 0.6) is 0 Å². The highest BCUT2D eigenvalue weighted by Gasteiger charge is 2.31. The molecule has 0 aromatic carbocycles. The highest BCUT2D eigenvalue weighted by molar-refractivity contribution is 5.69. The molecule has 0 aromatic rings. The van der Waals surface area contributed by atoms with Crippen molar-refractivity contribution in [2.24, 2.45) is 0 Å². The van der Waals surface area contributed by atoms with Crippen molar-refractivity contribution in [3.05, 3.63) is 11.6 Å². The predicted molar refractivity (Wildman–Crippen MR) is 60.8 cm³/mol. The summed E-state index contributed by atoms with van der Waals surface area (Å²) in [5, 5.41) is 0. The molecule has 86 valence electrons. The molecule has 1 aliphatic heterocycles. The van der Waals surface area contributed by atoms with E-state index in [-0.39, 0.29) is 12.1 Å². The fourth-order valence-corrected chi connectivity index (χ4v) is 1.70. The number of amides is 1. The van der Waals surface area contributed by atoms with Crippen LogP contribution in [-0.2, 0) is 4.74 Å². The number of carbonyl (C=O) groups excluding carboxylic acids is 1. The maximum atomic E-state index is 11.8. The third-order valence-electron chi connectivity index (χ3n) is 2.50. The van der Waals surface area contributed by atoms with Crippen molar-refractivity contribution in [3.63, 3.8) is 0 Å². The fourth-order valence-electron chi connectivity index (χ4n) is 1.70. The van der Waals surface area contributed by atoms with E-state index in [4.69, 9.17) is 4.74 Å². The van der Waals surface area contributed by atoms with E-state index >= 15 is 0 Å². The number of hydrogen-bond acceptors (Lipinski definition) is 2. The van der Waals surface area contributed by atoms with Crippen molar-refractivity contribution < 1.29 is 9.53 Å². The van der Waals surface area contributed by atoms with Crippen LogP contribution in [0.4, 0.5) is 4.79 Å². The van der Waals surface area contributed by atoms with Crippen molar-refractivity contribution in [3.8, 4) is 0 Å². The molecule has 0 aromatic heterocycles. The molecule has 15 heavy (non-hydrogen) atoms. The highest BCUT2D eigenvalue weighted by Crippen LogP contribution is 2.24. The first kappa shape index (κ1) is 12.1. The molecule has 1 amide bonds. The van der Waals surface area contributed by atoms with Gasteiger partial charge in [-0.15, -0.1) is 0 Å². The van der Waals surface area contributed by atoms with E-state index in [0.29, 0.717) is 6.54 Å². The number of likely N-dealkylation sites (tertiary alicyclic amines) is 1. The minimum absolute atomic E-state index is 0.202. The molecule has 0 saturated carbocycles. The molecule has 0 aliphatic carbocycles. The van der Waals surface area contributed by atoms with Gasteiger partial charge in [-0.1, -0.05) is 11.6 Å². The fraction of sp³-hybridized carbons (Fsp3) is 0.750. The van der Waals surface area contributed by atoms with Gasteiger partial charge in [0, 0.05) is 12.6 Å². The molecular weight excluding hydrogens is 190 g/mol. The minimum atomic E-state index is -0.407. The molecule has 0 unspecified atom stereocenters. The number of nitrogens with zero attached hydrogens (tertiary/aromatic N) is 1. The van der Waals surface area contributed by atoms with Crippen LogP contribution in [0.1, 0.15) is 41.0 Å². The molecule has 1 rings (SSSR count). The molecule has 3 nitrogen and oxygen atoms in total. The summed E-state index contributed by atoms with van der Waals surface area (Å²) in [6.45, 7) is 10.5. The number of allylic oxidation sites excluding steroid dienone is 1. The first-order valence-corrected chi connectivity index (χ1v) is 5.47. The lowest BCUT2D eigenvalue weighted by Crippen LogP contribution is -2.38. The first-order chi connectivity index (χ1) is 6.83. The zero-order valence-electron chi connectivity index (χ0n) is 10.3. The van der Waals surface area contributed by atoms with Gasteiger partial charge in [0.25, 0.3) is 0 Å². The van der Waals surface area contributed by atoms with Gasteiger partial charge in [-0.3, -0.25) is 0 Å². The Labute approximate surface area is 92.1 Å². The van der Waals surface area contributed by atoms with Crippen LogP contribution >= 0.6 is 0 Å². The van der Waals surface area contributed by atoms with Crippen LogP contribution in [-0.4, -0.2) is 29.2 Å². The first-order valence-electron chi connectivity index (χ1n) is 5.47. The normalized spacial score (nSPS) is 24.7. The van der Waals surface area contributed by atoms with Gasteiger partial charge in [-0.2, -0.15) is 0 Å². The van der Waals surface area contributed by atoms with Crippen molar-refractivity contribution in [2.45, 2.75) is 52.7 Å². The van der Waals surface area contributed by atoms with Gasteiger partial charge in [0.2, 0.25) is 0 Å². The molecule has 1 heterocycles. The number of carbonyl (C=O) groups is 1. The Balaban J connectivity index is 2.62. The molecular formula is C12H21NO2. The van der Waals surface area contributed by atoms with Crippen LogP contribution in [0.25, 0.3) is 0 Å². The SMILES string of the molecule is CC=C1C[C@@H](C)N(C(=O)OC(C)(C)C)C1. The molecule has 0 radical (unpaired) electrons. The Morgan fingerprint density at radius 1 is 1.53 bits per heavy atom. The average Bonchev–Trinajstić information content (AvgIpc) is 2.43.